The van der Waals surface area contributed by atoms with Gasteiger partial charge in [-0.05, 0) is 12.1 Å². The second-order valence-corrected chi connectivity index (χ2v) is 3.07. The SMILES string of the molecule is C=CCC(=O)c1cc(F)c(Cl)cc1F. The van der Waals surface area contributed by atoms with Crippen LogP contribution in [-0.4, -0.2) is 5.78 Å². The Kier molecular flexibility index (Phi) is 3.36. The number of hydrogen-bond acceptors (Lipinski definition) is 1. The van der Waals surface area contributed by atoms with Gasteiger partial charge in [0.25, 0.3) is 0 Å². The fourth-order valence-corrected chi connectivity index (χ4v) is 1.13. The van der Waals surface area contributed by atoms with E-state index in [0.717, 1.165) is 12.1 Å². The van der Waals surface area contributed by atoms with Crippen LogP contribution in [-0.2, 0) is 0 Å². The Morgan fingerprint density at radius 2 is 2.07 bits per heavy atom. The third-order valence-electron chi connectivity index (χ3n) is 1.64. The lowest BCUT2D eigenvalue weighted by atomic mass is 10.1. The molecule has 0 bridgehead atoms. The van der Waals surface area contributed by atoms with Gasteiger partial charge < -0.3 is 0 Å². The minimum absolute atomic E-state index is 0.0298. The summed E-state index contributed by atoms with van der Waals surface area (Å²) in [6, 6.07) is 1.58. The fourth-order valence-electron chi connectivity index (χ4n) is 0.977. The number of carbonyl (C=O) groups excluding carboxylic acids is 1. The molecule has 0 aliphatic heterocycles. The van der Waals surface area contributed by atoms with Crippen molar-refractivity contribution in [2.45, 2.75) is 6.42 Å². The van der Waals surface area contributed by atoms with Gasteiger partial charge in [-0.3, -0.25) is 4.79 Å². The van der Waals surface area contributed by atoms with Gasteiger partial charge in [-0.25, -0.2) is 8.78 Å². The number of allylic oxidation sites excluding steroid dienone is 1. The summed E-state index contributed by atoms with van der Waals surface area (Å²) in [5.74, 6) is -2.14. The highest BCUT2D eigenvalue weighted by Crippen LogP contribution is 2.20. The lowest BCUT2D eigenvalue weighted by Gasteiger charge is -2.01. The lowest BCUT2D eigenvalue weighted by molar-refractivity contribution is 0.0991. The molecular formula is C10H7ClF2O. The zero-order valence-corrected chi connectivity index (χ0v) is 7.94. The lowest BCUT2D eigenvalue weighted by Crippen LogP contribution is -2.02. The van der Waals surface area contributed by atoms with Crippen molar-refractivity contribution in [1.82, 2.24) is 0 Å². The number of ketones is 1. The molecule has 1 aromatic carbocycles. The third-order valence-corrected chi connectivity index (χ3v) is 1.93. The topological polar surface area (TPSA) is 17.1 Å². The third kappa shape index (κ3) is 2.17. The second-order valence-electron chi connectivity index (χ2n) is 2.66. The van der Waals surface area contributed by atoms with E-state index < -0.39 is 17.4 Å². The number of benzene rings is 1. The summed E-state index contributed by atoms with van der Waals surface area (Å²) >= 11 is 5.32. The van der Waals surface area contributed by atoms with Crippen molar-refractivity contribution >= 4 is 17.4 Å². The molecule has 14 heavy (non-hydrogen) atoms. The molecule has 0 saturated heterocycles. The smallest absolute Gasteiger partial charge is 0.169 e. The van der Waals surface area contributed by atoms with E-state index in [4.69, 9.17) is 11.6 Å². The summed E-state index contributed by atoms with van der Waals surface area (Å²) in [5.41, 5.74) is -0.299. The molecule has 1 aromatic rings. The number of Topliss-reactive ketones (excluding diaryl/α,β-unsaturated/α-hetero) is 1. The van der Waals surface area contributed by atoms with Gasteiger partial charge in [-0.1, -0.05) is 17.7 Å². The van der Waals surface area contributed by atoms with Crippen LogP contribution >= 0.6 is 11.6 Å². The summed E-state index contributed by atoms with van der Waals surface area (Å²) in [5, 5.41) is -0.336. The van der Waals surface area contributed by atoms with Crippen LogP contribution in [0.3, 0.4) is 0 Å². The Morgan fingerprint density at radius 1 is 1.43 bits per heavy atom. The van der Waals surface area contributed by atoms with Crippen LogP contribution in [0, 0.1) is 11.6 Å². The number of rotatable bonds is 3. The van der Waals surface area contributed by atoms with Gasteiger partial charge in [0.2, 0.25) is 0 Å². The molecule has 4 heteroatoms. The van der Waals surface area contributed by atoms with Crippen LogP contribution in [0.15, 0.2) is 24.8 Å². The Bertz CT molecular complexity index is 388. The maximum absolute atomic E-state index is 13.1. The summed E-state index contributed by atoms with van der Waals surface area (Å²) < 4.78 is 26.0. The molecule has 0 aromatic heterocycles. The van der Waals surface area contributed by atoms with Crippen LogP contribution in [0.25, 0.3) is 0 Å². The van der Waals surface area contributed by atoms with Crippen molar-refractivity contribution in [3.8, 4) is 0 Å². The minimum atomic E-state index is -0.816. The normalized spacial score (nSPS) is 9.93. The molecular weight excluding hydrogens is 210 g/mol. The molecule has 0 radical (unpaired) electrons. The molecule has 74 valence electrons. The Balaban J connectivity index is 3.15. The molecule has 0 spiro atoms. The van der Waals surface area contributed by atoms with Gasteiger partial charge in [0.1, 0.15) is 11.6 Å². The maximum Gasteiger partial charge on any atom is 0.169 e. The van der Waals surface area contributed by atoms with Crippen LogP contribution < -0.4 is 0 Å². The highest BCUT2D eigenvalue weighted by molar-refractivity contribution is 6.30. The van der Waals surface area contributed by atoms with Crippen molar-refractivity contribution in [1.29, 1.82) is 0 Å². The largest absolute Gasteiger partial charge is 0.294 e. The van der Waals surface area contributed by atoms with Gasteiger partial charge in [0.15, 0.2) is 5.78 Å². The first-order chi connectivity index (χ1) is 6.56. The molecule has 1 nitrogen and oxygen atoms in total. The van der Waals surface area contributed by atoms with Crippen LogP contribution in [0.4, 0.5) is 8.78 Å². The predicted molar refractivity (Wildman–Crippen MR) is 50.5 cm³/mol. The second kappa shape index (κ2) is 4.33. The van der Waals surface area contributed by atoms with Gasteiger partial charge in [0.05, 0.1) is 10.6 Å². The molecule has 0 fully saturated rings. The van der Waals surface area contributed by atoms with Crippen LogP contribution in [0.1, 0.15) is 16.8 Å². The number of carbonyl (C=O) groups is 1. The molecule has 1 rings (SSSR count). The van der Waals surface area contributed by atoms with Gasteiger partial charge in [0, 0.05) is 6.42 Å². The summed E-state index contributed by atoms with van der Waals surface area (Å²) in [7, 11) is 0. The van der Waals surface area contributed by atoms with E-state index in [1.54, 1.807) is 0 Å². The Morgan fingerprint density at radius 3 is 2.64 bits per heavy atom. The highest BCUT2D eigenvalue weighted by atomic mass is 35.5. The van der Waals surface area contributed by atoms with Crippen molar-refractivity contribution in [2.24, 2.45) is 0 Å². The average Bonchev–Trinajstić information content (AvgIpc) is 2.11. The zero-order chi connectivity index (χ0) is 10.7. The highest BCUT2D eigenvalue weighted by Gasteiger charge is 2.13. The molecule has 0 atom stereocenters. The Hall–Kier alpha value is -1.22. The molecule has 0 N–H and O–H groups in total. The van der Waals surface area contributed by atoms with E-state index >= 15 is 0 Å². The number of halogens is 3. The quantitative estimate of drug-likeness (QED) is 0.430. The Labute approximate surface area is 85.0 Å². The van der Waals surface area contributed by atoms with Crippen LogP contribution in [0.2, 0.25) is 5.02 Å². The zero-order valence-electron chi connectivity index (χ0n) is 7.19. The molecule has 0 heterocycles. The van der Waals surface area contributed by atoms with Crippen molar-refractivity contribution in [3.05, 3.63) is 47.0 Å². The van der Waals surface area contributed by atoms with E-state index in [-0.39, 0.29) is 17.0 Å². The molecule has 0 amide bonds. The molecule has 0 unspecified atom stereocenters. The van der Waals surface area contributed by atoms with Gasteiger partial charge in [-0.2, -0.15) is 0 Å². The van der Waals surface area contributed by atoms with E-state index in [2.05, 4.69) is 6.58 Å². The van der Waals surface area contributed by atoms with E-state index in [1.807, 2.05) is 0 Å². The number of hydrogen-bond donors (Lipinski definition) is 0. The van der Waals surface area contributed by atoms with E-state index in [0.29, 0.717) is 0 Å². The monoisotopic (exact) mass is 216 g/mol. The van der Waals surface area contributed by atoms with Crippen LogP contribution in [0.5, 0.6) is 0 Å². The van der Waals surface area contributed by atoms with Gasteiger partial charge >= 0.3 is 0 Å². The van der Waals surface area contributed by atoms with Crippen molar-refractivity contribution in [2.75, 3.05) is 0 Å². The first-order valence-corrected chi connectivity index (χ1v) is 4.22. The molecule has 0 aliphatic rings. The summed E-state index contributed by atoms with van der Waals surface area (Å²) in [6.07, 6.45) is 1.30. The summed E-state index contributed by atoms with van der Waals surface area (Å²) in [6.45, 7) is 3.33. The van der Waals surface area contributed by atoms with E-state index in [9.17, 15) is 13.6 Å². The standard InChI is InChI=1S/C10H7ClF2O/c1-2-3-10(14)6-4-9(13)7(11)5-8(6)12/h2,4-5H,1,3H2. The maximum atomic E-state index is 13.1. The van der Waals surface area contributed by atoms with E-state index in [1.165, 1.54) is 6.08 Å². The first kappa shape index (κ1) is 10.9. The van der Waals surface area contributed by atoms with Crippen molar-refractivity contribution in [3.63, 3.8) is 0 Å². The minimum Gasteiger partial charge on any atom is -0.294 e. The molecule has 0 saturated carbocycles. The van der Waals surface area contributed by atoms with Gasteiger partial charge in [-0.15, -0.1) is 6.58 Å². The first-order valence-electron chi connectivity index (χ1n) is 3.85. The fraction of sp³-hybridized carbons (Fsp3) is 0.100. The van der Waals surface area contributed by atoms with Crippen molar-refractivity contribution < 1.29 is 13.6 Å². The molecule has 0 aliphatic carbocycles. The summed E-state index contributed by atoms with van der Waals surface area (Å²) in [4.78, 5) is 11.2. The predicted octanol–water partition coefficient (Wildman–Crippen LogP) is 3.38. The average molecular weight is 217 g/mol.